The summed E-state index contributed by atoms with van der Waals surface area (Å²) in [6, 6.07) is 0. The van der Waals surface area contributed by atoms with Crippen molar-refractivity contribution in [2.24, 2.45) is 0 Å². The van der Waals surface area contributed by atoms with Gasteiger partial charge in [0.1, 0.15) is 5.82 Å². The molecule has 0 fully saturated rings. The van der Waals surface area contributed by atoms with Gasteiger partial charge >= 0.3 is 5.97 Å². The number of aromatic carboxylic acids is 1. The van der Waals surface area contributed by atoms with Crippen LogP contribution in [0.3, 0.4) is 0 Å². The lowest BCUT2D eigenvalue weighted by atomic mass is 10.4. The maximum Gasteiger partial charge on any atom is 0.356 e. The van der Waals surface area contributed by atoms with Crippen molar-refractivity contribution >= 4 is 29.3 Å². The van der Waals surface area contributed by atoms with Gasteiger partial charge in [0.25, 0.3) is 0 Å². The van der Waals surface area contributed by atoms with Crippen molar-refractivity contribution in [1.82, 2.24) is 9.97 Å². The van der Waals surface area contributed by atoms with E-state index in [2.05, 4.69) is 16.9 Å². The molecule has 15 heavy (non-hydrogen) atoms. The molecule has 0 unspecified atom stereocenters. The van der Waals surface area contributed by atoms with Crippen LogP contribution in [0.4, 0.5) is 0 Å². The summed E-state index contributed by atoms with van der Waals surface area (Å²) in [5.41, 5.74) is -0.126. The Balaban J connectivity index is 2.74. The molecule has 82 valence electrons. The topological polar surface area (TPSA) is 63.1 Å². The molecule has 0 atom stereocenters. The Kier molecular flexibility index (Phi) is 4.84. The van der Waals surface area contributed by atoms with E-state index in [1.54, 1.807) is 11.8 Å². The molecule has 0 saturated carbocycles. The molecule has 0 saturated heterocycles. The number of nitrogens with zero attached hydrogens (tertiary/aromatic N) is 2. The van der Waals surface area contributed by atoms with Crippen LogP contribution in [0, 0.1) is 0 Å². The number of carbonyl (C=O) groups is 1. The second-order valence-corrected chi connectivity index (χ2v) is 4.35. The predicted octanol–water partition coefficient (Wildman–Crippen LogP) is 2.47. The van der Waals surface area contributed by atoms with E-state index in [1.165, 1.54) is 6.20 Å². The molecule has 0 radical (unpaired) electrons. The first-order valence-electron chi connectivity index (χ1n) is 4.47. The molecule has 4 nitrogen and oxygen atoms in total. The fraction of sp³-hybridized carbons (Fsp3) is 0.444. The molecular formula is C9H11ClN2O2S. The molecule has 0 aliphatic carbocycles. The first-order chi connectivity index (χ1) is 7.15. The Bertz CT molecular complexity index is 360. The van der Waals surface area contributed by atoms with Crippen molar-refractivity contribution in [3.8, 4) is 0 Å². The number of hydrogen-bond donors (Lipinski definition) is 1. The zero-order valence-electron chi connectivity index (χ0n) is 8.23. The lowest BCUT2D eigenvalue weighted by Gasteiger charge is -2.01. The van der Waals surface area contributed by atoms with Gasteiger partial charge in [0.2, 0.25) is 0 Å². The van der Waals surface area contributed by atoms with Gasteiger partial charge in [-0.1, -0.05) is 18.5 Å². The summed E-state index contributed by atoms with van der Waals surface area (Å²) in [7, 11) is 0. The number of rotatable bonds is 5. The number of halogens is 1. The third kappa shape index (κ3) is 3.68. The molecule has 1 rings (SSSR count). The number of thioether (sulfide) groups is 1. The highest BCUT2D eigenvalue weighted by Gasteiger charge is 2.12. The Hall–Kier alpha value is -0.810. The van der Waals surface area contributed by atoms with Gasteiger partial charge in [-0.05, 0) is 12.2 Å². The first kappa shape index (κ1) is 12.3. The van der Waals surface area contributed by atoms with Crippen LogP contribution in [0.15, 0.2) is 6.20 Å². The minimum Gasteiger partial charge on any atom is -0.476 e. The molecule has 0 aromatic carbocycles. The van der Waals surface area contributed by atoms with Gasteiger partial charge in [-0.2, -0.15) is 11.8 Å². The molecule has 0 spiro atoms. The first-order valence-corrected chi connectivity index (χ1v) is 6.01. The molecule has 1 heterocycles. The van der Waals surface area contributed by atoms with E-state index in [1.807, 2.05) is 0 Å². The third-order valence-electron chi connectivity index (χ3n) is 1.58. The number of aromatic nitrogens is 2. The van der Waals surface area contributed by atoms with Gasteiger partial charge in [0, 0.05) is 0 Å². The average molecular weight is 247 g/mol. The highest BCUT2D eigenvalue weighted by molar-refractivity contribution is 7.98. The molecule has 0 amide bonds. The highest BCUT2D eigenvalue weighted by Crippen LogP contribution is 2.15. The van der Waals surface area contributed by atoms with Gasteiger partial charge in [0.15, 0.2) is 5.69 Å². The van der Waals surface area contributed by atoms with Crippen molar-refractivity contribution in [3.63, 3.8) is 0 Å². The van der Waals surface area contributed by atoms with E-state index in [0.29, 0.717) is 11.6 Å². The van der Waals surface area contributed by atoms with Crippen LogP contribution in [0.5, 0.6) is 0 Å². The minimum absolute atomic E-state index is 0.0757. The minimum atomic E-state index is -1.12. The number of hydrogen-bond acceptors (Lipinski definition) is 4. The van der Waals surface area contributed by atoms with Gasteiger partial charge in [0.05, 0.1) is 17.0 Å². The smallest absolute Gasteiger partial charge is 0.356 e. The maximum atomic E-state index is 10.7. The second-order valence-electron chi connectivity index (χ2n) is 2.84. The lowest BCUT2D eigenvalue weighted by molar-refractivity contribution is 0.0690. The molecule has 6 heteroatoms. The summed E-state index contributed by atoms with van der Waals surface area (Å²) in [6.07, 6.45) is 2.41. The van der Waals surface area contributed by atoms with E-state index in [9.17, 15) is 4.79 Å². The molecule has 0 aliphatic heterocycles. The second kappa shape index (κ2) is 5.92. The molecule has 1 aromatic rings. The Morgan fingerprint density at radius 1 is 1.67 bits per heavy atom. The zero-order valence-corrected chi connectivity index (χ0v) is 9.81. The van der Waals surface area contributed by atoms with Gasteiger partial charge in [-0.25, -0.2) is 14.8 Å². The predicted molar refractivity (Wildman–Crippen MR) is 60.5 cm³/mol. The van der Waals surface area contributed by atoms with Crippen LogP contribution in [-0.2, 0) is 5.75 Å². The van der Waals surface area contributed by atoms with E-state index in [4.69, 9.17) is 16.7 Å². The van der Waals surface area contributed by atoms with Crippen molar-refractivity contribution < 1.29 is 9.90 Å². The molecule has 0 aliphatic rings. The monoisotopic (exact) mass is 246 g/mol. The van der Waals surface area contributed by atoms with E-state index < -0.39 is 5.97 Å². The Labute approximate surface area is 97.1 Å². The summed E-state index contributed by atoms with van der Waals surface area (Å²) in [5.74, 6) is 1.01. The van der Waals surface area contributed by atoms with E-state index in [-0.39, 0.29) is 10.7 Å². The largest absolute Gasteiger partial charge is 0.476 e. The third-order valence-corrected chi connectivity index (χ3v) is 3.01. The quantitative estimate of drug-likeness (QED) is 0.809. The van der Waals surface area contributed by atoms with Crippen LogP contribution >= 0.6 is 23.4 Å². The molecular weight excluding hydrogens is 236 g/mol. The summed E-state index contributed by atoms with van der Waals surface area (Å²) >= 11 is 7.31. The zero-order chi connectivity index (χ0) is 11.3. The van der Waals surface area contributed by atoms with Crippen molar-refractivity contribution in [3.05, 3.63) is 22.7 Å². The fourth-order valence-electron chi connectivity index (χ4n) is 0.931. The summed E-state index contributed by atoms with van der Waals surface area (Å²) in [6.45, 7) is 2.08. The van der Waals surface area contributed by atoms with Crippen molar-refractivity contribution in [1.29, 1.82) is 0 Å². The van der Waals surface area contributed by atoms with Crippen LogP contribution in [0.1, 0.15) is 29.7 Å². The fourth-order valence-corrected chi connectivity index (χ4v) is 1.86. The van der Waals surface area contributed by atoms with Gasteiger partial charge in [-0.15, -0.1) is 0 Å². The highest BCUT2D eigenvalue weighted by atomic mass is 35.5. The van der Waals surface area contributed by atoms with Crippen molar-refractivity contribution in [2.75, 3.05) is 5.75 Å². The van der Waals surface area contributed by atoms with Gasteiger partial charge < -0.3 is 5.11 Å². The van der Waals surface area contributed by atoms with Crippen LogP contribution in [0.25, 0.3) is 0 Å². The Morgan fingerprint density at radius 3 is 3.00 bits per heavy atom. The Morgan fingerprint density at radius 2 is 2.40 bits per heavy atom. The summed E-state index contributed by atoms with van der Waals surface area (Å²) < 4.78 is 0. The number of carboxylic acids is 1. The SMILES string of the molecule is CCCSCc1ncc(Cl)c(C(=O)O)n1. The maximum absolute atomic E-state index is 10.7. The van der Waals surface area contributed by atoms with Crippen molar-refractivity contribution in [2.45, 2.75) is 19.1 Å². The molecule has 1 N–H and O–H groups in total. The van der Waals surface area contributed by atoms with Gasteiger partial charge in [-0.3, -0.25) is 0 Å². The number of carboxylic acid groups (broad SMARTS) is 1. The molecule has 1 aromatic heterocycles. The average Bonchev–Trinajstić information content (AvgIpc) is 2.20. The van der Waals surface area contributed by atoms with E-state index in [0.717, 1.165) is 12.2 Å². The van der Waals surface area contributed by atoms with Crippen LogP contribution < -0.4 is 0 Å². The standard InChI is InChI=1S/C9H11ClN2O2S/c1-2-3-15-5-7-11-4-6(10)8(12-7)9(13)14/h4H,2-3,5H2,1H3,(H,13,14). The van der Waals surface area contributed by atoms with Crippen LogP contribution in [0.2, 0.25) is 5.02 Å². The summed E-state index contributed by atoms with van der Waals surface area (Å²) in [4.78, 5) is 18.6. The summed E-state index contributed by atoms with van der Waals surface area (Å²) in [5, 5.41) is 8.86. The molecule has 0 bridgehead atoms. The normalized spacial score (nSPS) is 10.3. The van der Waals surface area contributed by atoms with E-state index >= 15 is 0 Å². The van der Waals surface area contributed by atoms with Crippen LogP contribution in [-0.4, -0.2) is 26.8 Å². The lowest BCUT2D eigenvalue weighted by Crippen LogP contribution is -2.05.